The van der Waals surface area contributed by atoms with Crippen molar-refractivity contribution < 1.29 is 18.3 Å². The molecule has 2 N–H and O–H groups in total. The van der Waals surface area contributed by atoms with Crippen LogP contribution in [0.5, 0.6) is 0 Å². The van der Waals surface area contributed by atoms with Crippen LogP contribution in [-0.2, 0) is 12.7 Å². The first-order valence-electron chi connectivity index (χ1n) is 5.12. The second-order valence-electron chi connectivity index (χ2n) is 3.57. The van der Waals surface area contributed by atoms with Gasteiger partial charge in [-0.3, -0.25) is 0 Å². The van der Waals surface area contributed by atoms with Crippen molar-refractivity contribution in [2.75, 3.05) is 13.2 Å². The summed E-state index contributed by atoms with van der Waals surface area (Å²) in [6.07, 6.45) is -3.86. The second-order valence-corrected chi connectivity index (χ2v) is 3.97. The van der Waals surface area contributed by atoms with E-state index in [2.05, 4.69) is 5.32 Å². The van der Waals surface area contributed by atoms with Gasteiger partial charge >= 0.3 is 6.18 Å². The quantitative estimate of drug-likeness (QED) is 0.804. The molecule has 96 valence electrons. The lowest BCUT2D eigenvalue weighted by atomic mass is 10.1. The molecule has 0 fully saturated rings. The molecule has 17 heavy (non-hydrogen) atoms. The lowest BCUT2D eigenvalue weighted by molar-refractivity contribution is -0.137. The third kappa shape index (κ3) is 4.53. The Morgan fingerprint density at radius 1 is 1.29 bits per heavy atom. The van der Waals surface area contributed by atoms with Crippen LogP contribution in [-0.4, -0.2) is 18.3 Å². The first kappa shape index (κ1) is 14.3. The molecule has 0 saturated heterocycles. The molecule has 0 amide bonds. The lowest BCUT2D eigenvalue weighted by Gasteiger charge is -2.11. The van der Waals surface area contributed by atoms with Gasteiger partial charge in [0.2, 0.25) is 0 Å². The number of aliphatic hydroxyl groups excluding tert-OH is 1. The smallest absolute Gasteiger partial charge is 0.396 e. The number of hydrogen-bond donors (Lipinski definition) is 2. The molecule has 0 aromatic heterocycles. The minimum absolute atomic E-state index is 0.0570. The van der Waals surface area contributed by atoms with Gasteiger partial charge in [0.15, 0.2) is 0 Å². The molecule has 0 spiro atoms. The maximum atomic E-state index is 12.5. The van der Waals surface area contributed by atoms with Gasteiger partial charge in [-0.1, -0.05) is 17.7 Å². The Kier molecular flexibility index (Phi) is 5.24. The van der Waals surface area contributed by atoms with Gasteiger partial charge in [-0.05, 0) is 30.7 Å². The van der Waals surface area contributed by atoms with Crippen molar-refractivity contribution in [3.63, 3.8) is 0 Å². The highest BCUT2D eigenvalue weighted by Gasteiger charge is 2.33. The maximum absolute atomic E-state index is 12.5. The van der Waals surface area contributed by atoms with Crippen molar-refractivity contribution in [3.8, 4) is 0 Å². The third-order valence-electron chi connectivity index (χ3n) is 2.18. The van der Waals surface area contributed by atoms with Crippen LogP contribution in [0.4, 0.5) is 13.2 Å². The zero-order valence-corrected chi connectivity index (χ0v) is 9.78. The fraction of sp³-hybridized carbons (Fsp3) is 0.455. The molecule has 0 unspecified atom stereocenters. The molecule has 0 atom stereocenters. The van der Waals surface area contributed by atoms with Gasteiger partial charge in [0.05, 0.1) is 10.6 Å². The molecule has 0 aliphatic heterocycles. The van der Waals surface area contributed by atoms with Gasteiger partial charge in [-0.15, -0.1) is 0 Å². The fourth-order valence-corrected chi connectivity index (χ4v) is 1.56. The standard InChI is InChI=1S/C11H13ClF3NO/c12-10-3-2-8(7-16-4-1-5-17)6-9(10)11(13,14)15/h2-3,6,16-17H,1,4-5,7H2. The van der Waals surface area contributed by atoms with Gasteiger partial charge in [-0.2, -0.15) is 13.2 Å². The normalized spacial score (nSPS) is 11.8. The molecular weight excluding hydrogens is 255 g/mol. The highest BCUT2D eigenvalue weighted by atomic mass is 35.5. The summed E-state index contributed by atoms with van der Waals surface area (Å²) >= 11 is 5.49. The van der Waals surface area contributed by atoms with Crippen molar-refractivity contribution in [1.29, 1.82) is 0 Å². The maximum Gasteiger partial charge on any atom is 0.417 e. The average molecular weight is 268 g/mol. The Morgan fingerprint density at radius 3 is 2.59 bits per heavy atom. The summed E-state index contributed by atoms with van der Waals surface area (Å²) in [5, 5.41) is 11.2. The lowest BCUT2D eigenvalue weighted by Crippen LogP contribution is -2.16. The molecule has 0 aliphatic rings. The Bertz CT molecular complexity index is 368. The number of nitrogens with one attached hydrogen (secondary N) is 1. The summed E-state index contributed by atoms with van der Waals surface area (Å²) < 4.78 is 37.6. The molecule has 1 aromatic carbocycles. The molecule has 2 nitrogen and oxygen atoms in total. The van der Waals surface area contributed by atoms with Crippen LogP contribution >= 0.6 is 11.6 Å². The largest absolute Gasteiger partial charge is 0.417 e. The van der Waals surface area contributed by atoms with E-state index in [1.54, 1.807) is 6.07 Å². The molecule has 0 bridgehead atoms. The van der Waals surface area contributed by atoms with E-state index in [0.29, 0.717) is 25.1 Å². The van der Waals surface area contributed by atoms with Crippen molar-refractivity contribution in [1.82, 2.24) is 5.32 Å². The van der Waals surface area contributed by atoms with E-state index >= 15 is 0 Å². The number of alkyl halides is 3. The van der Waals surface area contributed by atoms with E-state index in [-0.39, 0.29) is 11.6 Å². The van der Waals surface area contributed by atoms with Crippen LogP contribution in [0.15, 0.2) is 18.2 Å². The van der Waals surface area contributed by atoms with Crippen LogP contribution in [0, 0.1) is 0 Å². The summed E-state index contributed by atoms with van der Waals surface area (Å²) in [5.74, 6) is 0. The first-order chi connectivity index (χ1) is 7.95. The predicted octanol–water partition coefficient (Wildman–Crippen LogP) is 2.83. The average Bonchev–Trinajstić information content (AvgIpc) is 2.25. The highest BCUT2D eigenvalue weighted by molar-refractivity contribution is 6.31. The number of halogens is 4. The van der Waals surface area contributed by atoms with E-state index in [1.165, 1.54) is 6.07 Å². The third-order valence-corrected chi connectivity index (χ3v) is 2.51. The molecule has 6 heteroatoms. The molecule has 0 aliphatic carbocycles. The van der Waals surface area contributed by atoms with E-state index in [0.717, 1.165) is 6.07 Å². The number of aliphatic hydroxyl groups is 1. The molecule has 1 rings (SSSR count). The molecule has 0 radical (unpaired) electrons. The van der Waals surface area contributed by atoms with Gasteiger partial charge < -0.3 is 10.4 Å². The van der Waals surface area contributed by atoms with Crippen LogP contribution in [0.2, 0.25) is 5.02 Å². The summed E-state index contributed by atoms with van der Waals surface area (Å²) in [6.45, 7) is 0.933. The molecular formula is C11H13ClF3NO. The first-order valence-corrected chi connectivity index (χ1v) is 5.50. The zero-order chi connectivity index (χ0) is 12.9. The minimum atomic E-state index is -4.43. The minimum Gasteiger partial charge on any atom is -0.396 e. The van der Waals surface area contributed by atoms with E-state index in [4.69, 9.17) is 16.7 Å². The Balaban J connectivity index is 2.69. The highest BCUT2D eigenvalue weighted by Crippen LogP contribution is 2.35. The summed E-state index contributed by atoms with van der Waals surface area (Å²) in [6, 6.07) is 3.82. The number of rotatable bonds is 5. The number of hydrogen-bond acceptors (Lipinski definition) is 2. The Hall–Kier alpha value is -0.780. The van der Waals surface area contributed by atoms with Crippen molar-refractivity contribution in [3.05, 3.63) is 34.3 Å². The fourth-order valence-electron chi connectivity index (χ4n) is 1.34. The van der Waals surface area contributed by atoms with Crippen LogP contribution in [0.3, 0.4) is 0 Å². The SMILES string of the molecule is OCCCNCc1ccc(Cl)c(C(F)(F)F)c1. The van der Waals surface area contributed by atoms with E-state index in [1.807, 2.05) is 0 Å². The number of benzene rings is 1. The van der Waals surface area contributed by atoms with Crippen molar-refractivity contribution in [2.24, 2.45) is 0 Å². The molecule has 0 heterocycles. The summed E-state index contributed by atoms with van der Waals surface area (Å²) in [5.41, 5.74) is -0.305. The van der Waals surface area contributed by atoms with Crippen LogP contribution in [0.25, 0.3) is 0 Å². The zero-order valence-electron chi connectivity index (χ0n) is 9.02. The van der Waals surface area contributed by atoms with Gasteiger partial charge in [0.25, 0.3) is 0 Å². The topological polar surface area (TPSA) is 32.3 Å². The second kappa shape index (κ2) is 6.23. The summed E-state index contributed by atoms with van der Waals surface area (Å²) in [4.78, 5) is 0. The van der Waals surface area contributed by atoms with E-state index < -0.39 is 11.7 Å². The Morgan fingerprint density at radius 2 is 2.00 bits per heavy atom. The van der Waals surface area contributed by atoms with Gasteiger partial charge in [-0.25, -0.2) is 0 Å². The molecule has 1 aromatic rings. The van der Waals surface area contributed by atoms with Crippen molar-refractivity contribution in [2.45, 2.75) is 19.1 Å². The monoisotopic (exact) mass is 267 g/mol. The van der Waals surface area contributed by atoms with Crippen LogP contribution < -0.4 is 5.32 Å². The molecule has 0 saturated carbocycles. The van der Waals surface area contributed by atoms with Crippen LogP contribution in [0.1, 0.15) is 17.5 Å². The van der Waals surface area contributed by atoms with Gasteiger partial charge in [0, 0.05) is 13.2 Å². The Labute approximate surface area is 102 Å². The van der Waals surface area contributed by atoms with Gasteiger partial charge in [0.1, 0.15) is 0 Å². The summed E-state index contributed by atoms with van der Waals surface area (Å²) in [7, 11) is 0. The predicted molar refractivity (Wildman–Crippen MR) is 59.9 cm³/mol. The van der Waals surface area contributed by atoms with E-state index in [9.17, 15) is 13.2 Å². The van der Waals surface area contributed by atoms with Crippen molar-refractivity contribution >= 4 is 11.6 Å².